The SMILES string of the molecule is CCNC(=NCC1(c2cccc(C(F)(F)F)c2)CCC1)N(C)CC1CCOC1. The molecule has 7 heteroatoms. The molecule has 3 rings (SSSR count). The number of nitrogens with one attached hydrogen (secondary N) is 1. The number of benzene rings is 1. The summed E-state index contributed by atoms with van der Waals surface area (Å²) < 4.78 is 44.9. The lowest BCUT2D eigenvalue weighted by Gasteiger charge is -2.42. The maximum atomic E-state index is 13.1. The number of halogens is 3. The van der Waals surface area contributed by atoms with E-state index in [0.29, 0.717) is 12.5 Å². The van der Waals surface area contributed by atoms with Gasteiger partial charge in [0.15, 0.2) is 5.96 Å². The van der Waals surface area contributed by atoms with Crippen LogP contribution in [0.1, 0.15) is 43.7 Å². The molecule has 1 saturated carbocycles. The number of aliphatic imine (C=N–C) groups is 1. The molecular weight excluding hydrogens is 367 g/mol. The third kappa shape index (κ3) is 4.80. The number of ether oxygens (including phenoxy) is 1. The van der Waals surface area contributed by atoms with Crippen LogP contribution >= 0.6 is 0 Å². The first-order valence-electron chi connectivity index (χ1n) is 10.1. The van der Waals surface area contributed by atoms with Crippen molar-refractivity contribution in [3.8, 4) is 0 Å². The van der Waals surface area contributed by atoms with E-state index in [1.54, 1.807) is 0 Å². The van der Waals surface area contributed by atoms with E-state index in [9.17, 15) is 13.2 Å². The smallest absolute Gasteiger partial charge is 0.381 e. The molecule has 1 saturated heterocycles. The van der Waals surface area contributed by atoms with Crippen LogP contribution in [-0.4, -0.2) is 50.8 Å². The fourth-order valence-corrected chi connectivity index (χ4v) is 4.06. The fourth-order valence-electron chi connectivity index (χ4n) is 4.06. The Labute approximate surface area is 165 Å². The molecule has 1 heterocycles. The number of hydrogen-bond donors (Lipinski definition) is 1. The van der Waals surface area contributed by atoms with E-state index in [1.165, 1.54) is 12.1 Å². The topological polar surface area (TPSA) is 36.9 Å². The minimum Gasteiger partial charge on any atom is -0.381 e. The Hall–Kier alpha value is -1.76. The van der Waals surface area contributed by atoms with Gasteiger partial charge in [-0.25, -0.2) is 0 Å². The van der Waals surface area contributed by atoms with Gasteiger partial charge in [-0.3, -0.25) is 4.99 Å². The molecular formula is C21H30F3N3O. The molecule has 0 bridgehead atoms. The van der Waals surface area contributed by atoms with Crippen LogP contribution < -0.4 is 5.32 Å². The molecule has 1 N–H and O–H groups in total. The Balaban J connectivity index is 1.76. The lowest BCUT2D eigenvalue weighted by atomic mass is 9.64. The minimum absolute atomic E-state index is 0.292. The summed E-state index contributed by atoms with van der Waals surface area (Å²) >= 11 is 0. The Morgan fingerprint density at radius 3 is 2.71 bits per heavy atom. The van der Waals surface area contributed by atoms with E-state index in [1.807, 2.05) is 20.0 Å². The normalized spacial score (nSPS) is 22.0. The summed E-state index contributed by atoms with van der Waals surface area (Å²) in [6.45, 7) is 5.72. The number of alkyl halides is 3. The van der Waals surface area contributed by atoms with Gasteiger partial charge in [-0.15, -0.1) is 0 Å². The van der Waals surface area contributed by atoms with E-state index < -0.39 is 11.7 Å². The lowest BCUT2D eigenvalue weighted by molar-refractivity contribution is -0.137. The van der Waals surface area contributed by atoms with Gasteiger partial charge in [0.25, 0.3) is 0 Å². The van der Waals surface area contributed by atoms with E-state index >= 15 is 0 Å². The molecule has 1 aromatic rings. The standard InChI is InChI=1S/C21H30F3N3O/c1-3-25-19(27(2)13-16-8-11-28-14-16)26-15-20(9-5-10-20)17-6-4-7-18(12-17)21(22,23)24/h4,6-7,12,16H,3,5,8-11,13-15H2,1-2H3,(H,25,26). The van der Waals surface area contributed by atoms with Crippen molar-refractivity contribution in [2.24, 2.45) is 10.9 Å². The van der Waals surface area contributed by atoms with Crippen molar-refractivity contribution >= 4 is 5.96 Å². The molecule has 1 atom stereocenters. The molecule has 0 spiro atoms. The molecule has 2 aliphatic rings. The van der Waals surface area contributed by atoms with Gasteiger partial charge in [0, 0.05) is 38.1 Å². The summed E-state index contributed by atoms with van der Waals surface area (Å²) in [5.41, 5.74) is -0.121. The summed E-state index contributed by atoms with van der Waals surface area (Å²) in [6.07, 6.45) is -0.493. The number of hydrogen-bond acceptors (Lipinski definition) is 2. The third-order valence-electron chi connectivity index (χ3n) is 5.90. The van der Waals surface area contributed by atoms with E-state index in [0.717, 1.165) is 69.6 Å². The Morgan fingerprint density at radius 2 is 2.14 bits per heavy atom. The second-order valence-corrected chi connectivity index (χ2v) is 7.99. The highest BCUT2D eigenvalue weighted by Gasteiger charge is 2.40. The average molecular weight is 397 g/mol. The molecule has 0 aromatic heterocycles. The third-order valence-corrected chi connectivity index (χ3v) is 5.90. The summed E-state index contributed by atoms with van der Waals surface area (Å²) in [4.78, 5) is 6.94. The maximum absolute atomic E-state index is 13.1. The molecule has 1 aromatic carbocycles. The van der Waals surface area contributed by atoms with Crippen LogP contribution in [0, 0.1) is 5.92 Å². The van der Waals surface area contributed by atoms with Crippen LogP contribution in [0.3, 0.4) is 0 Å². The van der Waals surface area contributed by atoms with Gasteiger partial charge in [-0.1, -0.05) is 24.6 Å². The highest BCUT2D eigenvalue weighted by Crippen LogP contribution is 2.45. The van der Waals surface area contributed by atoms with Crippen molar-refractivity contribution in [1.82, 2.24) is 10.2 Å². The maximum Gasteiger partial charge on any atom is 0.416 e. The Morgan fingerprint density at radius 1 is 1.36 bits per heavy atom. The van der Waals surface area contributed by atoms with Crippen LogP contribution in [0.4, 0.5) is 13.2 Å². The molecule has 0 radical (unpaired) electrons. The Kier molecular flexibility index (Phi) is 6.53. The Bertz CT molecular complexity index is 680. The summed E-state index contributed by atoms with van der Waals surface area (Å²) in [5.74, 6) is 1.31. The van der Waals surface area contributed by atoms with Crippen LogP contribution in [0.2, 0.25) is 0 Å². The van der Waals surface area contributed by atoms with Crippen molar-refractivity contribution in [3.05, 3.63) is 35.4 Å². The second-order valence-electron chi connectivity index (χ2n) is 7.99. The van der Waals surface area contributed by atoms with Crippen molar-refractivity contribution in [1.29, 1.82) is 0 Å². The zero-order valence-electron chi connectivity index (χ0n) is 16.7. The van der Waals surface area contributed by atoms with Crippen LogP contribution in [-0.2, 0) is 16.3 Å². The number of guanidine groups is 1. The summed E-state index contributed by atoms with van der Waals surface area (Å²) in [7, 11) is 2.01. The first kappa shape index (κ1) is 21.0. The first-order chi connectivity index (χ1) is 13.3. The molecule has 28 heavy (non-hydrogen) atoms. The van der Waals surface area contributed by atoms with Gasteiger partial charge < -0.3 is 15.0 Å². The van der Waals surface area contributed by atoms with E-state index in [4.69, 9.17) is 9.73 Å². The fraction of sp³-hybridized carbons (Fsp3) is 0.667. The highest BCUT2D eigenvalue weighted by molar-refractivity contribution is 5.79. The number of rotatable bonds is 6. The van der Waals surface area contributed by atoms with Gasteiger partial charge >= 0.3 is 6.18 Å². The van der Waals surface area contributed by atoms with Crippen molar-refractivity contribution in [2.45, 2.75) is 44.2 Å². The molecule has 4 nitrogen and oxygen atoms in total. The monoisotopic (exact) mass is 397 g/mol. The van der Waals surface area contributed by atoms with Gasteiger partial charge in [0.05, 0.1) is 18.7 Å². The number of nitrogens with zero attached hydrogens (tertiary/aromatic N) is 2. The van der Waals surface area contributed by atoms with Crippen molar-refractivity contribution < 1.29 is 17.9 Å². The van der Waals surface area contributed by atoms with E-state index in [-0.39, 0.29) is 5.41 Å². The molecule has 156 valence electrons. The van der Waals surface area contributed by atoms with Gasteiger partial charge in [0.1, 0.15) is 0 Å². The summed E-state index contributed by atoms with van der Waals surface area (Å²) in [6, 6.07) is 5.78. The largest absolute Gasteiger partial charge is 0.416 e. The lowest BCUT2D eigenvalue weighted by Crippen LogP contribution is -2.44. The highest BCUT2D eigenvalue weighted by atomic mass is 19.4. The van der Waals surface area contributed by atoms with Crippen LogP contribution in [0.15, 0.2) is 29.3 Å². The zero-order chi connectivity index (χ0) is 20.2. The second kappa shape index (κ2) is 8.72. The first-order valence-corrected chi connectivity index (χ1v) is 10.1. The van der Waals surface area contributed by atoms with Crippen molar-refractivity contribution in [2.75, 3.05) is 39.9 Å². The zero-order valence-corrected chi connectivity index (χ0v) is 16.7. The average Bonchev–Trinajstić information content (AvgIpc) is 3.12. The molecule has 0 amide bonds. The van der Waals surface area contributed by atoms with Gasteiger partial charge in [-0.2, -0.15) is 13.2 Å². The van der Waals surface area contributed by atoms with Gasteiger partial charge in [-0.05, 0) is 37.8 Å². The van der Waals surface area contributed by atoms with Crippen LogP contribution in [0.25, 0.3) is 0 Å². The van der Waals surface area contributed by atoms with Gasteiger partial charge in [0.2, 0.25) is 0 Å². The predicted molar refractivity (Wildman–Crippen MR) is 105 cm³/mol. The van der Waals surface area contributed by atoms with E-state index in [2.05, 4.69) is 10.2 Å². The molecule has 1 aliphatic carbocycles. The van der Waals surface area contributed by atoms with Crippen molar-refractivity contribution in [3.63, 3.8) is 0 Å². The minimum atomic E-state index is -4.32. The summed E-state index contributed by atoms with van der Waals surface area (Å²) in [5, 5.41) is 3.32. The van der Waals surface area contributed by atoms with Crippen LogP contribution in [0.5, 0.6) is 0 Å². The predicted octanol–water partition coefficient (Wildman–Crippen LogP) is 4.06. The quantitative estimate of drug-likeness (QED) is 0.581. The molecule has 2 fully saturated rings. The molecule has 1 unspecified atom stereocenters. The molecule has 1 aliphatic heterocycles.